The summed E-state index contributed by atoms with van der Waals surface area (Å²) in [6.45, 7) is 4.48. The highest BCUT2D eigenvalue weighted by atomic mass is 32.2. The van der Waals surface area contributed by atoms with E-state index in [1.54, 1.807) is 11.0 Å². The van der Waals surface area contributed by atoms with Crippen LogP contribution in [0.15, 0.2) is 32.3 Å². The van der Waals surface area contributed by atoms with Crippen LogP contribution >= 0.6 is 0 Å². The summed E-state index contributed by atoms with van der Waals surface area (Å²) in [5.74, 6) is -0.160. The van der Waals surface area contributed by atoms with Gasteiger partial charge in [0.25, 0.3) is 0 Å². The molecule has 1 aromatic heterocycles. The van der Waals surface area contributed by atoms with Crippen molar-refractivity contribution in [2.24, 2.45) is 5.92 Å². The van der Waals surface area contributed by atoms with Crippen LogP contribution in [0.25, 0.3) is 11.1 Å². The number of sulfonamides is 1. The zero-order valence-corrected chi connectivity index (χ0v) is 16.8. The monoisotopic (exact) mass is 407 g/mol. The molecule has 8 nitrogen and oxygen atoms in total. The Kier molecular flexibility index (Phi) is 5.05. The Hall–Kier alpha value is -2.13. The Labute approximate surface area is 163 Å². The number of hydrogen-bond donors (Lipinski definition) is 0. The molecule has 0 aliphatic carbocycles. The van der Waals surface area contributed by atoms with Gasteiger partial charge in [0.05, 0.1) is 10.4 Å². The van der Waals surface area contributed by atoms with Crippen molar-refractivity contribution in [3.8, 4) is 0 Å². The van der Waals surface area contributed by atoms with Crippen LogP contribution in [0.2, 0.25) is 0 Å². The number of rotatable bonds is 4. The van der Waals surface area contributed by atoms with Gasteiger partial charge in [0.2, 0.25) is 15.9 Å². The highest BCUT2D eigenvalue weighted by molar-refractivity contribution is 7.89. The highest BCUT2D eigenvalue weighted by Crippen LogP contribution is 2.24. The fourth-order valence-corrected chi connectivity index (χ4v) is 5.46. The van der Waals surface area contributed by atoms with E-state index in [9.17, 15) is 18.0 Å². The van der Waals surface area contributed by atoms with Gasteiger partial charge < -0.3 is 9.32 Å². The molecule has 152 valence electrons. The van der Waals surface area contributed by atoms with Crippen LogP contribution in [0, 0.1) is 5.92 Å². The molecule has 2 aromatic rings. The quantitative estimate of drug-likeness (QED) is 0.768. The second-order valence-electron chi connectivity index (χ2n) is 7.76. The van der Waals surface area contributed by atoms with E-state index >= 15 is 0 Å². The van der Waals surface area contributed by atoms with Gasteiger partial charge in [-0.2, -0.15) is 4.31 Å². The largest absolute Gasteiger partial charge is 0.420 e. The van der Waals surface area contributed by atoms with Gasteiger partial charge in [0.15, 0.2) is 5.58 Å². The molecule has 0 N–H and O–H groups in total. The average Bonchev–Trinajstić information content (AvgIpc) is 3.31. The first-order chi connectivity index (χ1) is 13.4. The minimum atomic E-state index is -3.59. The maximum atomic E-state index is 12.7. The molecule has 2 aliphatic rings. The third-order valence-corrected chi connectivity index (χ3v) is 7.67. The molecule has 2 aliphatic heterocycles. The van der Waals surface area contributed by atoms with Crippen LogP contribution in [-0.2, 0) is 21.4 Å². The fourth-order valence-electron chi connectivity index (χ4n) is 3.93. The first-order valence-electron chi connectivity index (χ1n) is 9.77. The lowest BCUT2D eigenvalue weighted by Crippen LogP contribution is -2.40. The molecular formula is C19H25N3O5S. The van der Waals surface area contributed by atoms with Gasteiger partial charge in [-0.3, -0.25) is 9.36 Å². The molecule has 9 heteroatoms. The topological polar surface area (TPSA) is 92.8 Å². The summed E-state index contributed by atoms with van der Waals surface area (Å²) in [7, 11) is -3.59. The van der Waals surface area contributed by atoms with Gasteiger partial charge in [-0.1, -0.05) is 6.92 Å². The summed E-state index contributed by atoms with van der Waals surface area (Å²) < 4.78 is 33.4. The van der Waals surface area contributed by atoms with Gasteiger partial charge in [-0.25, -0.2) is 13.2 Å². The van der Waals surface area contributed by atoms with Crippen molar-refractivity contribution in [1.29, 1.82) is 0 Å². The molecule has 0 saturated carbocycles. The van der Waals surface area contributed by atoms with Crippen molar-refractivity contribution >= 4 is 27.0 Å². The second kappa shape index (κ2) is 7.36. The van der Waals surface area contributed by atoms with E-state index in [-0.39, 0.29) is 22.9 Å². The molecule has 0 radical (unpaired) electrons. The van der Waals surface area contributed by atoms with Crippen molar-refractivity contribution < 1.29 is 17.6 Å². The van der Waals surface area contributed by atoms with Crippen LogP contribution in [0.4, 0.5) is 0 Å². The molecule has 0 spiro atoms. The van der Waals surface area contributed by atoms with E-state index in [2.05, 4.69) is 6.92 Å². The Morgan fingerprint density at radius 3 is 2.50 bits per heavy atom. The molecule has 1 amide bonds. The van der Waals surface area contributed by atoms with Crippen LogP contribution < -0.4 is 5.76 Å². The number of fused-ring (bicyclic) bond motifs is 1. The summed E-state index contributed by atoms with van der Waals surface area (Å²) in [5.41, 5.74) is 0.620. The van der Waals surface area contributed by atoms with Gasteiger partial charge in [0.1, 0.15) is 6.54 Å². The number of benzene rings is 1. The summed E-state index contributed by atoms with van der Waals surface area (Å²) >= 11 is 0. The lowest BCUT2D eigenvalue weighted by Gasteiger charge is -2.30. The molecule has 2 saturated heterocycles. The van der Waals surface area contributed by atoms with Crippen LogP contribution in [0.1, 0.15) is 32.6 Å². The number of nitrogens with zero attached hydrogens (tertiary/aromatic N) is 3. The number of carbonyl (C=O) groups excluding carboxylic acids is 1. The summed E-state index contributed by atoms with van der Waals surface area (Å²) in [6.07, 6.45) is 3.63. The number of piperidine rings is 1. The number of amides is 1. The molecule has 1 aromatic carbocycles. The smallest absolute Gasteiger partial charge is 0.408 e. The summed E-state index contributed by atoms with van der Waals surface area (Å²) in [6, 6.07) is 4.41. The predicted octanol–water partition coefficient (Wildman–Crippen LogP) is 1.64. The van der Waals surface area contributed by atoms with E-state index in [0.29, 0.717) is 37.6 Å². The number of hydrogen-bond acceptors (Lipinski definition) is 5. The van der Waals surface area contributed by atoms with Crippen LogP contribution in [0.3, 0.4) is 0 Å². The molecule has 0 atom stereocenters. The van der Waals surface area contributed by atoms with E-state index in [0.717, 1.165) is 25.7 Å². The maximum Gasteiger partial charge on any atom is 0.420 e. The summed E-state index contributed by atoms with van der Waals surface area (Å²) in [5, 5.41) is 0. The van der Waals surface area contributed by atoms with Crippen molar-refractivity contribution in [2.75, 3.05) is 26.2 Å². The molecule has 3 heterocycles. The highest BCUT2D eigenvalue weighted by Gasteiger charge is 2.28. The van der Waals surface area contributed by atoms with Gasteiger partial charge in [-0.05, 0) is 43.7 Å². The molecule has 2 fully saturated rings. The van der Waals surface area contributed by atoms with Crippen LogP contribution in [-0.4, -0.2) is 54.3 Å². The van der Waals surface area contributed by atoms with E-state index in [4.69, 9.17) is 4.42 Å². The number of aromatic nitrogens is 1. The maximum absolute atomic E-state index is 12.7. The Morgan fingerprint density at radius 2 is 1.82 bits per heavy atom. The first-order valence-corrected chi connectivity index (χ1v) is 11.2. The molecule has 4 rings (SSSR count). The lowest BCUT2D eigenvalue weighted by atomic mass is 9.99. The molecular weight excluding hydrogens is 382 g/mol. The summed E-state index contributed by atoms with van der Waals surface area (Å²) in [4.78, 5) is 26.8. The third kappa shape index (κ3) is 3.48. The molecule has 0 bridgehead atoms. The molecule has 0 unspecified atom stereocenters. The average molecular weight is 407 g/mol. The fraction of sp³-hybridized carbons (Fsp3) is 0.579. The first kappa shape index (κ1) is 19.2. The van der Waals surface area contributed by atoms with Crippen LogP contribution in [0.5, 0.6) is 0 Å². The zero-order chi connectivity index (χ0) is 19.9. The van der Waals surface area contributed by atoms with E-state index in [1.807, 2.05) is 0 Å². The Bertz CT molecular complexity index is 1040. The predicted molar refractivity (Wildman–Crippen MR) is 103 cm³/mol. The Morgan fingerprint density at radius 1 is 1.14 bits per heavy atom. The number of oxazole rings is 1. The standard InChI is InChI=1S/C19H25N3O5S/c1-14-6-10-20(11-7-14)18(23)13-22-16-5-4-15(12-17(16)27-19(22)24)28(25,26)21-8-2-3-9-21/h4-5,12,14H,2-3,6-11,13H2,1H3. The molecule has 28 heavy (non-hydrogen) atoms. The second-order valence-corrected chi connectivity index (χ2v) is 9.70. The van der Waals surface area contributed by atoms with E-state index in [1.165, 1.54) is 21.0 Å². The van der Waals surface area contributed by atoms with Gasteiger partial charge in [0, 0.05) is 32.2 Å². The minimum Gasteiger partial charge on any atom is -0.408 e. The normalized spacial score (nSPS) is 19.5. The van der Waals surface area contributed by atoms with Crippen molar-refractivity contribution in [3.05, 3.63) is 28.7 Å². The lowest BCUT2D eigenvalue weighted by molar-refractivity contribution is -0.133. The van der Waals surface area contributed by atoms with Gasteiger partial charge in [-0.15, -0.1) is 0 Å². The zero-order valence-electron chi connectivity index (χ0n) is 16.0. The van der Waals surface area contributed by atoms with Crippen molar-refractivity contribution in [3.63, 3.8) is 0 Å². The van der Waals surface area contributed by atoms with E-state index < -0.39 is 15.8 Å². The van der Waals surface area contributed by atoms with Gasteiger partial charge >= 0.3 is 5.76 Å². The van der Waals surface area contributed by atoms with Crippen molar-refractivity contribution in [2.45, 2.75) is 44.0 Å². The SMILES string of the molecule is CC1CCN(C(=O)Cn2c(=O)oc3cc(S(=O)(=O)N4CCCC4)ccc32)CC1. The third-order valence-electron chi connectivity index (χ3n) is 5.77. The minimum absolute atomic E-state index is 0.0988. The number of carbonyl (C=O) groups is 1. The van der Waals surface area contributed by atoms with Crippen molar-refractivity contribution in [1.82, 2.24) is 13.8 Å². The Balaban J connectivity index is 1.60. The number of likely N-dealkylation sites (tertiary alicyclic amines) is 1.